The van der Waals surface area contributed by atoms with Crippen LogP contribution in [0.2, 0.25) is 0 Å². The fourth-order valence-corrected chi connectivity index (χ4v) is 2.51. The summed E-state index contributed by atoms with van der Waals surface area (Å²) < 4.78 is 5.63. The Hall–Kier alpha value is -2.57. The van der Waals surface area contributed by atoms with E-state index in [1.54, 1.807) is 31.2 Å². The molecule has 1 amide bonds. The standard InChI is InChI=1S/C20H26N2O4/c1-3-14-4-10-17(11-5-14)26-13(2)20(25)22-18(12-23)19(24)15-6-8-16(21)9-7-15/h4-11,13,18-19,23-24H,3,12,21H2,1-2H3,(H,22,25). The molecule has 0 saturated carbocycles. The largest absolute Gasteiger partial charge is 0.481 e. The lowest BCUT2D eigenvalue weighted by molar-refractivity contribution is -0.129. The number of anilines is 1. The van der Waals surface area contributed by atoms with Gasteiger partial charge in [-0.05, 0) is 48.7 Å². The highest BCUT2D eigenvalue weighted by Gasteiger charge is 2.25. The fraction of sp³-hybridized carbons (Fsp3) is 0.350. The number of carbonyl (C=O) groups excluding carboxylic acids is 1. The van der Waals surface area contributed by atoms with Gasteiger partial charge in [0.2, 0.25) is 0 Å². The summed E-state index contributed by atoms with van der Waals surface area (Å²) in [4.78, 5) is 12.4. The molecular weight excluding hydrogens is 332 g/mol. The molecule has 0 aliphatic carbocycles. The molecule has 140 valence electrons. The number of hydrogen-bond acceptors (Lipinski definition) is 5. The van der Waals surface area contributed by atoms with Crippen LogP contribution in [0.4, 0.5) is 5.69 Å². The molecule has 0 bridgehead atoms. The molecule has 0 heterocycles. The van der Waals surface area contributed by atoms with E-state index in [1.807, 2.05) is 24.3 Å². The van der Waals surface area contributed by atoms with E-state index >= 15 is 0 Å². The van der Waals surface area contributed by atoms with Crippen molar-refractivity contribution in [1.29, 1.82) is 0 Å². The van der Waals surface area contributed by atoms with E-state index in [-0.39, 0.29) is 0 Å². The number of aliphatic hydroxyl groups excluding tert-OH is 2. The van der Waals surface area contributed by atoms with E-state index in [0.29, 0.717) is 17.0 Å². The first kappa shape index (κ1) is 19.8. The molecule has 0 aliphatic heterocycles. The lowest BCUT2D eigenvalue weighted by Crippen LogP contribution is -2.47. The predicted octanol–water partition coefficient (Wildman–Crippen LogP) is 1.81. The predicted molar refractivity (Wildman–Crippen MR) is 101 cm³/mol. The highest BCUT2D eigenvalue weighted by Crippen LogP contribution is 2.19. The number of aryl methyl sites for hydroxylation is 1. The van der Waals surface area contributed by atoms with Crippen molar-refractivity contribution in [2.24, 2.45) is 0 Å². The van der Waals surface area contributed by atoms with Crippen molar-refractivity contribution in [3.63, 3.8) is 0 Å². The molecule has 2 rings (SSSR count). The number of amides is 1. The van der Waals surface area contributed by atoms with Gasteiger partial charge in [0, 0.05) is 5.69 Å². The number of carbonyl (C=O) groups is 1. The van der Waals surface area contributed by atoms with E-state index < -0.39 is 30.8 Å². The van der Waals surface area contributed by atoms with Gasteiger partial charge in [-0.1, -0.05) is 31.2 Å². The molecule has 2 aromatic rings. The van der Waals surface area contributed by atoms with Crippen molar-refractivity contribution < 1.29 is 19.7 Å². The second-order valence-electron chi connectivity index (χ2n) is 6.17. The van der Waals surface area contributed by atoms with Gasteiger partial charge in [0.15, 0.2) is 6.10 Å². The molecule has 5 N–H and O–H groups in total. The number of ether oxygens (including phenoxy) is 1. The van der Waals surface area contributed by atoms with Gasteiger partial charge in [-0.2, -0.15) is 0 Å². The summed E-state index contributed by atoms with van der Waals surface area (Å²) in [7, 11) is 0. The monoisotopic (exact) mass is 358 g/mol. The molecule has 0 aromatic heterocycles. The molecule has 3 unspecified atom stereocenters. The van der Waals surface area contributed by atoms with Crippen LogP contribution in [0.5, 0.6) is 5.75 Å². The Kier molecular flexibility index (Phi) is 7.00. The molecule has 0 radical (unpaired) electrons. The normalized spacial score (nSPS) is 14.3. The minimum absolute atomic E-state index is 0.408. The maximum Gasteiger partial charge on any atom is 0.261 e. The van der Waals surface area contributed by atoms with Gasteiger partial charge in [0.1, 0.15) is 11.9 Å². The maximum atomic E-state index is 12.4. The minimum atomic E-state index is -1.06. The molecule has 6 heteroatoms. The zero-order valence-electron chi connectivity index (χ0n) is 15.1. The lowest BCUT2D eigenvalue weighted by atomic mass is 10.0. The zero-order valence-corrected chi connectivity index (χ0v) is 15.1. The second-order valence-corrected chi connectivity index (χ2v) is 6.17. The summed E-state index contributed by atoms with van der Waals surface area (Å²) in [6, 6.07) is 13.3. The molecular formula is C20H26N2O4. The van der Waals surface area contributed by atoms with E-state index in [4.69, 9.17) is 10.5 Å². The van der Waals surface area contributed by atoms with Crippen molar-refractivity contribution in [3.8, 4) is 5.75 Å². The Balaban J connectivity index is 1.97. The summed E-state index contributed by atoms with van der Waals surface area (Å²) in [5, 5.41) is 22.6. The average molecular weight is 358 g/mol. The topological polar surface area (TPSA) is 105 Å². The molecule has 0 aliphatic rings. The quantitative estimate of drug-likeness (QED) is 0.539. The molecule has 26 heavy (non-hydrogen) atoms. The first-order valence-electron chi connectivity index (χ1n) is 8.65. The fourth-order valence-electron chi connectivity index (χ4n) is 2.51. The van der Waals surface area contributed by atoms with Crippen LogP contribution in [0.15, 0.2) is 48.5 Å². The molecule has 2 aromatic carbocycles. The van der Waals surface area contributed by atoms with Gasteiger partial charge in [0.25, 0.3) is 5.91 Å². The summed E-state index contributed by atoms with van der Waals surface area (Å²) in [6.45, 7) is 3.27. The lowest BCUT2D eigenvalue weighted by Gasteiger charge is -2.24. The van der Waals surface area contributed by atoms with E-state index in [2.05, 4.69) is 12.2 Å². The third kappa shape index (κ3) is 5.21. The van der Waals surface area contributed by atoms with Crippen LogP contribution in [0.1, 0.15) is 31.1 Å². The number of hydrogen-bond donors (Lipinski definition) is 4. The maximum absolute atomic E-state index is 12.4. The third-order valence-corrected chi connectivity index (χ3v) is 4.20. The van der Waals surface area contributed by atoms with Gasteiger partial charge in [0.05, 0.1) is 12.6 Å². The average Bonchev–Trinajstić information content (AvgIpc) is 2.66. The molecule has 0 saturated heterocycles. The van der Waals surface area contributed by atoms with Crippen molar-refractivity contribution in [2.45, 2.75) is 38.5 Å². The number of benzene rings is 2. The van der Waals surface area contributed by atoms with Gasteiger partial charge >= 0.3 is 0 Å². The first-order chi connectivity index (χ1) is 12.4. The Morgan fingerprint density at radius 1 is 1.15 bits per heavy atom. The van der Waals surface area contributed by atoms with Crippen molar-refractivity contribution in [3.05, 3.63) is 59.7 Å². The summed E-state index contributed by atoms with van der Waals surface area (Å²) >= 11 is 0. The van der Waals surface area contributed by atoms with Crippen LogP contribution in [0.25, 0.3) is 0 Å². The highest BCUT2D eigenvalue weighted by molar-refractivity contribution is 5.81. The minimum Gasteiger partial charge on any atom is -0.481 e. The molecule has 6 nitrogen and oxygen atoms in total. The Morgan fingerprint density at radius 3 is 2.31 bits per heavy atom. The molecule has 3 atom stereocenters. The Bertz CT molecular complexity index is 701. The SMILES string of the molecule is CCc1ccc(OC(C)C(=O)NC(CO)C(O)c2ccc(N)cc2)cc1. The number of rotatable bonds is 8. The van der Waals surface area contributed by atoms with E-state index in [9.17, 15) is 15.0 Å². The summed E-state index contributed by atoms with van der Waals surface area (Å²) in [5.74, 6) is 0.169. The molecule has 0 fully saturated rings. The number of aliphatic hydroxyl groups is 2. The third-order valence-electron chi connectivity index (χ3n) is 4.20. The van der Waals surface area contributed by atoms with Crippen molar-refractivity contribution in [2.75, 3.05) is 12.3 Å². The summed E-state index contributed by atoms with van der Waals surface area (Å²) in [5.41, 5.74) is 7.94. The van der Waals surface area contributed by atoms with Gasteiger partial charge in [-0.3, -0.25) is 4.79 Å². The number of nitrogens with one attached hydrogen (secondary N) is 1. The van der Waals surface area contributed by atoms with Gasteiger partial charge in [-0.25, -0.2) is 0 Å². The Morgan fingerprint density at radius 2 is 1.77 bits per heavy atom. The number of nitrogen functional groups attached to an aromatic ring is 1. The van der Waals surface area contributed by atoms with Crippen LogP contribution in [0.3, 0.4) is 0 Å². The smallest absolute Gasteiger partial charge is 0.261 e. The van der Waals surface area contributed by atoms with Crippen LogP contribution in [0, 0.1) is 0 Å². The van der Waals surface area contributed by atoms with Crippen LogP contribution >= 0.6 is 0 Å². The van der Waals surface area contributed by atoms with Crippen molar-refractivity contribution in [1.82, 2.24) is 5.32 Å². The first-order valence-corrected chi connectivity index (χ1v) is 8.65. The van der Waals surface area contributed by atoms with Gasteiger partial charge in [-0.15, -0.1) is 0 Å². The molecule has 0 spiro atoms. The van der Waals surface area contributed by atoms with Gasteiger partial charge < -0.3 is 26.0 Å². The van der Waals surface area contributed by atoms with Crippen LogP contribution in [-0.2, 0) is 11.2 Å². The van der Waals surface area contributed by atoms with Crippen molar-refractivity contribution >= 4 is 11.6 Å². The Labute approximate surface area is 153 Å². The van der Waals surface area contributed by atoms with Crippen LogP contribution in [-0.4, -0.2) is 34.9 Å². The van der Waals surface area contributed by atoms with Crippen LogP contribution < -0.4 is 15.8 Å². The zero-order chi connectivity index (χ0) is 19.1. The number of nitrogens with two attached hydrogens (primary N) is 1. The van der Waals surface area contributed by atoms with E-state index in [1.165, 1.54) is 5.56 Å². The summed E-state index contributed by atoms with van der Waals surface area (Å²) in [6.07, 6.45) is -0.895. The van der Waals surface area contributed by atoms with E-state index in [0.717, 1.165) is 6.42 Å². The second kappa shape index (κ2) is 9.22. The highest BCUT2D eigenvalue weighted by atomic mass is 16.5.